The maximum atomic E-state index is 11.5. The molecule has 1 aromatic rings. The first kappa shape index (κ1) is 14.2. The Kier molecular flexibility index (Phi) is 4.89. The van der Waals surface area contributed by atoms with E-state index in [9.17, 15) is 9.59 Å². The Hall–Kier alpha value is -1.84. The van der Waals surface area contributed by atoms with Crippen LogP contribution in [-0.4, -0.2) is 18.5 Å². The van der Waals surface area contributed by atoms with Crippen molar-refractivity contribution in [1.82, 2.24) is 5.32 Å². The van der Waals surface area contributed by atoms with Gasteiger partial charge >= 0.3 is 6.09 Å². The fourth-order valence-corrected chi connectivity index (χ4v) is 1.17. The van der Waals surface area contributed by atoms with E-state index in [0.29, 0.717) is 6.54 Å². The van der Waals surface area contributed by atoms with Crippen molar-refractivity contribution in [2.45, 2.75) is 27.3 Å². The minimum Gasteiger partial charge on any atom is -0.442 e. The molecule has 0 unspecified atom stereocenters. The molecule has 18 heavy (non-hydrogen) atoms. The van der Waals surface area contributed by atoms with Crippen molar-refractivity contribution in [3.8, 4) is 0 Å². The van der Waals surface area contributed by atoms with Gasteiger partial charge in [-0.25, -0.2) is 4.79 Å². The van der Waals surface area contributed by atoms with Crippen LogP contribution in [0.3, 0.4) is 0 Å². The van der Waals surface area contributed by atoms with E-state index in [0.717, 1.165) is 5.56 Å². The standard InChI is InChI=1S/C14H19NO3/c1-14(2,3)12(16)10-18-13(17)15-9-11-7-5-4-6-8-11/h4-8H,9-10H2,1-3H3,(H,15,17). The molecule has 4 nitrogen and oxygen atoms in total. The number of hydrogen-bond donors (Lipinski definition) is 1. The first-order valence-electron chi connectivity index (χ1n) is 5.87. The van der Waals surface area contributed by atoms with Crippen molar-refractivity contribution in [1.29, 1.82) is 0 Å². The van der Waals surface area contributed by atoms with E-state index in [1.165, 1.54) is 0 Å². The normalized spacial score (nSPS) is 10.8. The average molecular weight is 249 g/mol. The summed E-state index contributed by atoms with van der Waals surface area (Å²) in [5.41, 5.74) is 0.497. The van der Waals surface area contributed by atoms with Crippen LogP contribution in [0, 0.1) is 5.41 Å². The smallest absolute Gasteiger partial charge is 0.407 e. The lowest BCUT2D eigenvalue weighted by Gasteiger charge is -2.16. The van der Waals surface area contributed by atoms with E-state index in [1.54, 1.807) is 20.8 Å². The number of benzene rings is 1. The van der Waals surface area contributed by atoms with Gasteiger partial charge in [0.15, 0.2) is 12.4 Å². The zero-order valence-corrected chi connectivity index (χ0v) is 11.0. The second-order valence-corrected chi connectivity index (χ2v) is 5.09. The minimum atomic E-state index is -0.573. The predicted octanol–water partition coefficient (Wildman–Crippen LogP) is 2.53. The molecule has 1 N–H and O–H groups in total. The molecule has 1 amide bonds. The van der Waals surface area contributed by atoms with E-state index in [1.807, 2.05) is 30.3 Å². The van der Waals surface area contributed by atoms with Crippen LogP contribution in [0.15, 0.2) is 30.3 Å². The number of alkyl carbamates (subject to hydrolysis) is 1. The van der Waals surface area contributed by atoms with E-state index in [-0.39, 0.29) is 12.4 Å². The van der Waals surface area contributed by atoms with Gasteiger partial charge in [-0.05, 0) is 5.56 Å². The molecule has 0 saturated heterocycles. The Morgan fingerprint density at radius 3 is 2.33 bits per heavy atom. The molecule has 0 spiro atoms. The predicted molar refractivity (Wildman–Crippen MR) is 69.1 cm³/mol. The number of ketones is 1. The van der Waals surface area contributed by atoms with Crippen LogP contribution < -0.4 is 5.32 Å². The third-order valence-corrected chi connectivity index (χ3v) is 2.45. The highest BCUT2D eigenvalue weighted by molar-refractivity contribution is 5.86. The van der Waals surface area contributed by atoms with Gasteiger partial charge in [-0.1, -0.05) is 51.1 Å². The quantitative estimate of drug-likeness (QED) is 0.892. The van der Waals surface area contributed by atoms with Crippen LogP contribution in [0.1, 0.15) is 26.3 Å². The lowest BCUT2D eigenvalue weighted by atomic mass is 9.91. The third-order valence-electron chi connectivity index (χ3n) is 2.45. The van der Waals surface area contributed by atoms with Gasteiger partial charge in [-0.15, -0.1) is 0 Å². The van der Waals surface area contributed by atoms with Crippen LogP contribution in [-0.2, 0) is 16.1 Å². The summed E-state index contributed by atoms with van der Waals surface area (Å²) in [7, 11) is 0. The topological polar surface area (TPSA) is 55.4 Å². The van der Waals surface area contributed by atoms with Crippen LogP contribution in [0.4, 0.5) is 4.79 Å². The fourth-order valence-electron chi connectivity index (χ4n) is 1.17. The molecule has 0 radical (unpaired) electrons. The van der Waals surface area contributed by atoms with Gasteiger partial charge in [0.1, 0.15) is 0 Å². The summed E-state index contributed by atoms with van der Waals surface area (Å²) < 4.78 is 4.85. The molecule has 98 valence electrons. The highest BCUT2D eigenvalue weighted by Crippen LogP contribution is 2.14. The van der Waals surface area contributed by atoms with Crippen molar-refractivity contribution in [3.05, 3.63) is 35.9 Å². The highest BCUT2D eigenvalue weighted by Gasteiger charge is 2.22. The van der Waals surface area contributed by atoms with Crippen molar-refractivity contribution in [2.24, 2.45) is 5.41 Å². The van der Waals surface area contributed by atoms with Gasteiger partial charge < -0.3 is 10.1 Å². The summed E-state index contributed by atoms with van der Waals surface area (Å²) in [6.07, 6.45) is -0.573. The molecule has 4 heteroatoms. The van der Waals surface area contributed by atoms with Crippen molar-refractivity contribution < 1.29 is 14.3 Å². The number of hydrogen-bond acceptors (Lipinski definition) is 3. The van der Waals surface area contributed by atoms with E-state index in [4.69, 9.17) is 4.74 Å². The summed E-state index contributed by atoms with van der Waals surface area (Å²) >= 11 is 0. The average Bonchev–Trinajstić information content (AvgIpc) is 2.33. The summed E-state index contributed by atoms with van der Waals surface area (Å²) in [4.78, 5) is 22.9. The van der Waals surface area contributed by atoms with Crippen LogP contribution in [0.2, 0.25) is 0 Å². The molecule has 0 aromatic heterocycles. The Morgan fingerprint density at radius 2 is 1.78 bits per heavy atom. The van der Waals surface area contributed by atoms with Crippen molar-refractivity contribution in [3.63, 3.8) is 0 Å². The molecule has 0 bridgehead atoms. The lowest BCUT2D eigenvalue weighted by molar-refractivity contribution is -0.129. The minimum absolute atomic E-state index is 0.0997. The SMILES string of the molecule is CC(C)(C)C(=O)COC(=O)NCc1ccccc1. The first-order valence-corrected chi connectivity index (χ1v) is 5.87. The van der Waals surface area contributed by atoms with Crippen LogP contribution in [0.5, 0.6) is 0 Å². The molecule has 0 aliphatic rings. The zero-order valence-electron chi connectivity index (χ0n) is 11.0. The first-order chi connectivity index (χ1) is 8.39. The van der Waals surface area contributed by atoms with Crippen molar-refractivity contribution in [2.75, 3.05) is 6.61 Å². The maximum Gasteiger partial charge on any atom is 0.407 e. The molecule has 1 aromatic carbocycles. The van der Waals surface area contributed by atoms with Gasteiger partial charge in [0, 0.05) is 12.0 Å². The summed E-state index contributed by atoms with van der Waals surface area (Å²) in [5, 5.41) is 2.59. The monoisotopic (exact) mass is 249 g/mol. The number of amides is 1. The van der Waals surface area contributed by atoms with E-state index in [2.05, 4.69) is 5.32 Å². The number of Topliss-reactive ketones (excluding diaryl/α,β-unsaturated/α-hetero) is 1. The Morgan fingerprint density at radius 1 is 1.17 bits per heavy atom. The molecule has 0 atom stereocenters. The third kappa shape index (κ3) is 4.99. The number of carbonyl (C=O) groups is 2. The Balaban J connectivity index is 2.29. The van der Waals surface area contributed by atoms with Gasteiger partial charge in [0.05, 0.1) is 0 Å². The Labute approximate surface area is 107 Å². The van der Waals surface area contributed by atoms with E-state index < -0.39 is 11.5 Å². The zero-order chi connectivity index (χ0) is 13.6. The molecular weight excluding hydrogens is 230 g/mol. The molecule has 0 saturated carbocycles. The molecular formula is C14H19NO3. The van der Waals surface area contributed by atoms with Gasteiger partial charge in [0.25, 0.3) is 0 Å². The number of carbonyl (C=O) groups excluding carboxylic acids is 2. The highest BCUT2D eigenvalue weighted by atomic mass is 16.5. The summed E-state index contributed by atoms with van der Waals surface area (Å²) in [6, 6.07) is 9.50. The van der Waals surface area contributed by atoms with Crippen molar-refractivity contribution >= 4 is 11.9 Å². The van der Waals surface area contributed by atoms with Gasteiger partial charge in [-0.3, -0.25) is 4.79 Å². The number of ether oxygens (including phenoxy) is 1. The molecule has 0 heterocycles. The molecule has 0 fully saturated rings. The molecule has 1 rings (SSSR count). The van der Waals surface area contributed by atoms with Gasteiger partial charge in [-0.2, -0.15) is 0 Å². The number of rotatable bonds is 4. The lowest BCUT2D eigenvalue weighted by Crippen LogP contribution is -2.30. The summed E-state index contributed by atoms with van der Waals surface area (Å²) in [5.74, 6) is -0.0997. The van der Waals surface area contributed by atoms with Crippen LogP contribution >= 0.6 is 0 Å². The molecule has 0 aliphatic carbocycles. The molecule has 0 aliphatic heterocycles. The largest absolute Gasteiger partial charge is 0.442 e. The van der Waals surface area contributed by atoms with Gasteiger partial charge in [0.2, 0.25) is 0 Å². The second-order valence-electron chi connectivity index (χ2n) is 5.09. The van der Waals surface area contributed by atoms with E-state index >= 15 is 0 Å². The summed E-state index contributed by atoms with van der Waals surface area (Å²) in [6.45, 7) is 5.58. The maximum absolute atomic E-state index is 11.5. The fraction of sp³-hybridized carbons (Fsp3) is 0.429. The Bertz CT molecular complexity index is 407. The second kappa shape index (κ2) is 6.19. The van der Waals surface area contributed by atoms with Crippen LogP contribution in [0.25, 0.3) is 0 Å². The number of nitrogens with one attached hydrogen (secondary N) is 1.